The summed E-state index contributed by atoms with van der Waals surface area (Å²) in [6, 6.07) is 0. The molecule has 0 unspecified atom stereocenters. The molecule has 0 saturated carbocycles. The van der Waals surface area contributed by atoms with Crippen LogP contribution in [0.1, 0.15) is 0 Å². The summed E-state index contributed by atoms with van der Waals surface area (Å²) in [5.74, 6) is 0. The van der Waals surface area contributed by atoms with Crippen LogP contribution in [0.4, 0.5) is 0 Å². The van der Waals surface area contributed by atoms with Crippen molar-refractivity contribution < 1.29 is 50.3 Å². The van der Waals surface area contributed by atoms with E-state index in [9.17, 15) is 0 Å². The second-order valence-electron chi connectivity index (χ2n) is 0. The first-order chi connectivity index (χ1) is 0. The van der Waals surface area contributed by atoms with E-state index in [0.29, 0.717) is 0 Å². The van der Waals surface area contributed by atoms with E-state index in [1.807, 2.05) is 0 Å². The number of halogens is 1. The first-order valence-electron chi connectivity index (χ1n) is 0. The van der Waals surface area contributed by atoms with Gasteiger partial charge in [-0.05, 0) is 0 Å². The third kappa shape index (κ3) is 9.18. The quantitative estimate of drug-likeness (QED) is 0.507. The molecule has 0 fully saturated rings. The fourth-order valence-corrected chi connectivity index (χ4v) is 0. The summed E-state index contributed by atoms with van der Waals surface area (Å²) in [6.45, 7) is 0. The first kappa shape index (κ1) is 41.0. The van der Waals surface area contributed by atoms with Crippen LogP contribution < -0.4 is 0 Å². The monoisotopic (exact) mass is 208 g/mol. The third-order valence-corrected chi connectivity index (χ3v) is 0. The van der Waals surface area contributed by atoms with E-state index in [1.54, 1.807) is 0 Å². The molecule has 4 heavy (non-hydrogen) atoms. The number of rotatable bonds is 0. The minimum Gasteiger partial charge on any atom is -0.147 e. The van der Waals surface area contributed by atoms with Gasteiger partial charge in [0.2, 0.25) is 0 Å². The molecule has 0 saturated heterocycles. The van der Waals surface area contributed by atoms with Crippen molar-refractivity contribution in [3.05, 3.63) is 0 Å². The molecule has 0 aliphatic rings. The molecule has 0 heterocycles. The average molecular weight is 209 g/mol. The Kier molecular flexibility index (Phi) is 219. The van der Waals surface area contributed by atoms with Crippen LogP contribution in [-0.4, -0.2) is 0 Å². The largest absolute Gasteiger partial charge is 0.147 e. The Balaban J connectivity index is 0. The Morgan fingerprint density at radius 3 is 1.00 bits per heavy atom. The van der Waals surface area contributed by atoms with E-state index in [4.69, 9.17) is 0 Å². The Morgan fingerprint density at radius 2 is 1.00 bits per heavy atom. The standard InChI is InChI=1S/ClH.Co.Mn.Ni/h1H;;;. The van der Waals surface area contributed by atoms with Crippen molar-refractivity contribution in [2.45, 2.75) is 0 Å². The molecule has 0 nitrogen and oxygen atoms in total. The molecule has 0 amide bonds. The van der Waals surface area contributed by atoms with Crippen LogP contribution in [0.25, 0.3) is 0 Å². The summed E-state index contributed by atoms with van der Waals surface area (Å²) < 4.78 is 0. The molecule has 0 aromatic rings. The van der Waals surface area contributed by atoms with Gasteiger partial charge in [-0.1, -0.05) is 0 Å². The van der Waals surface area contributed by atoms with Crippen LogP contribution in [0.2, 0.25) is 0 Å². The second-order valence-corrected chi connectivity index (χ2v) is 0. The molecule has 0 aliphatic heterocycles. The van der Waals surface area contributed by atoms with Gasteiger partial charge in [0, 0.05) is 50.3 Å². The van der Waals surface area contributed by atoms with Gasteiger partial charge in [-0.2, -0.15) is 0 Å². The zero-order valence-electron chi connectivity index (χ0n) is 1.44. The van der Waals surface area contributed by atoms with Crippen molar-refractivity contribution in [1.82, 2.24) is 0 Å². The summed E-state index contributed by atoms with van der Waals surface area (Å²) in [6.07, 6.45) is 0. The van der Waals surface area contributed by atoms with Crippen LogP contribution in [0, 0.1) is 0 Å². The van der Waals surface area contributed by atoms with E-state index in [1.165, 1.54) is 0 Å². The van der Waals surface area contributed by atoms with Gasteiger partial charge >= 0.3 is 0 Å². The van der Waals surface area contributed by atoms with E-state index in [2.05, 4.69) is 0 Å². The van der Waals surface area contributed by atoms with Gasteiger partial charge < -0.3 is 0 Å². The topological polar surface area (TPSA) is 0 Å². The Hall–Kier alpha value is 1.81. The van der Waals surface area contributed by atoms with Crippen LogP contribution in [0.5, 0.6) is 0 Å². The third-order valence-electron chi connectivity index (χ3n) is 0. The molecule has 0 bridgehead atoms. The SMILES string of the molecule is Cl.[Co].[Mn].[Ni]. The summed E-state index contributed by atoms with van der Waals surface area (Å²) in [5, 5.41) is 0. The van der Waals surface area contributed by atoms with Crippen LogP contribution in [0.15, 0.2) is 0 Å². The molecule has 0 aromatic heterocycles. The minimum absolute atomic E-state index is 0. The van der Waals surface area contributed by atoms with Gasteiger partial charge in [0.25, 0.3) is 0 Å². The average Bonchev–Trinajstić information content (AvgIpc) is 0. The van der Waals surface area contributed by atoms with Crippen molar-refractivity contribution >= 4 is 12.4 Å². The van der Waals surface area contributed by atoms with Crippen molar-refractivity contribution in [2.24, 2.45) is 0 Å². The molecule has 4 heteroatoms. The van der Waals surface area contributed by atoms with Gasteiger partial charge in [0.1, 0.15) is 0 Å². The molecule has 0 atom stereocenters. The maximum Gasteiger partial charge on any atom is 0 e. The van der Waals surface area contributed by atoms with Gasteiger partial charge in [-0.3, -0.25) is 0 Å². The Morgan fingerprint density at radius 1 is 1.00 bits per heavy atom. The zero-order valence-corrected chi connectivity index (χ0v) is 5.46. The van der Waals surface area contributed by atoms with Gasteiger partial charge in [0.15, 0.2) is 0 Å². The van der Waals surface area contributed by atoms with Crippen molar-refractivity contribution in [2.75, 3.05) is 0 Å². The maximum absolute atomic E-state index is 0. The van der Waals surface area contributed by atoms with E-state index >= 15 is 0 Å². The molecule has 34 valence electrons. The van der Waals surface area contributed by atoms with Crippen molar-refractivity contribution in [1.29, 1.82) is 0 Å². The number of hydrogen-bond acceptors (Lipinski definition) is 0. The predicted octanol–water partition coefficient (Wildman–Crippen LogP) is 0.414. The summed E-state index contributed by atoms with van der Waals surface area (Å²) >= 11 is 0. The van der Waals surface area contributed by atoms with E-state index < -0.39 is 0 Å². The molecular formula is HClCoMnNi. The minimum atomic E-state index is 0. The second kappa shape index (κ2) is 21.3. The first-order valence-corrected chi connectivity index (χ1v) is 0. The number of hydrogen-bond donors (Lipinski definition) is 0. The molecular weight excluding hydrogens is 208 g/mol. The van der Waals surface area contributed by atoms with E-state index in [-0.39, 0.29) is 62.7 Å². The Bertz CT molecular complexity index is 8.00. The van der Waals surface area contributed by atoms with Gasteiger partial charge in [0.05, 0.1) is 0 Å². The molecule has 0 N–H and O–H groups in total. The van der Waals surface area contributed by atoms with Crippen LogP contribution in [-0.2, 0) is 50.3 Å². The van der Waals surface area contributed by atoms with Gasteiger partial charge in [-0.25, -0.2) is 0 Å². The van der Waals surface area contributed by atoms with Crippen LogP contribution in [0.3, 0.4) is 0 Å². The smallest absolute Gasteiger partial charge is 0 e. The molecule has 0 aliphatic carbocycles. The summed E-state index contributed by atoms with van der Waals surface area (Å²) in [4.78, 5) is 0. The fraction of sp³-hybridized carbons (Fsp3) is 0. The summed E-state index contributed by atoms with van der Waals surface area (Å²) in [5.41, 5.74) is 0. The van der Waals surface area contributed by atoms with Crippen molar-refractivity contribution in [3.63, 3.8) is 0 Å². The normalized spacial score (nSPS) is 0. The fourth-order valence-electron chi connectivity index (χ4n) is 0. The predicted molar refractivity (Wildman–Crippen MR) is 7.25 cm³/mol. The van der Waals surface area contributed by atoms with Crippen molar-refractivity contribution in [3.8, 4) is 0 Å². The summed E-state index contributed by atoms with van der Waals surface area (Å²) in [7, 11) is 0. The van der Waals surface area contributed by atoms with Gasteiger partial charge in [-0.15, -0.1) is 12.4 Å². The zero-order chi connectivity index (χ0) is 0. The molecule has 2 radical (unpaired) electrons. The Labute approximate surface area is 62.5 Å². The maximum atomic E-state index is 0. The molecule has 0 aromatic carbocycles. The molecule has 0 rings (SSSR count). The molecule has 0 spiro atoms. The van der Waals surface area contributed by atoms with E-state index in [0.717, 1.165) is 0 Å². The van der Waals surface area contributed by atoms with Crippen LogP contribution >= 0.6 is 12.4 Å².